The van der Waals surface area contributed by atoms with Gasteiger partial charge in [0.25, 0.3) is 5.91 Å². The van der Waals surface area contributed by atoms with Crippen LogP contribution in [0.1, 0.15) is 47.6 Å². The maximum atomic E-state index is 12.7. The highest BCUT2D eigenvalue weighted by Gasteiger charge is 2.30. The van der Waals surface area contributed by atoms with Crippen LogP contribution in [0.2, 0.25) is 0 Å². The second-order valence-corrected chi connectivity index (χ2v) is 7.33. The summed E-state index contributed by atoms with van der Waals surface area (Å²) in [6.07, 6.45) is -2.84. The van der Waals surface area contributed by atoms with Crippen molar-refractivity contribution in [2.24, 2.45) is 5.92 Å². The molecule has 172 valence electrons. The van der Waals surface area contributed by atoms with Crippen molar-refractivity contribution in [1.29, 1.82) is 0 Å². The monoisotopic (exact) mass is 453 g/mol. The number of nitrogens with one attached hydrogen (secondary N) is 2. The summed E-state index contributed by atoms with van der Waals surface area (Å²) in [6.45, 7) is 1.91. The van der Waals surface area contributed by atoms with Crippen LogP contribution in [0.3, 0.4) is 0 Å². The molecular weight excluding hydrogens is 431 g/mol. The van der Waals surface area contributed by atoms with Crippen LogP contribution in [0, 0.1) is 12.8 Å². The Morgan fingerprint density at radius 3 is 2.56 bits per heavy atom. The maximum absolute atomic E-state index is 12.7. The molecule has 1 aliphatic rings. The number of nitrogens with zero attached hydrogens (tertiary/aromatic N) is 3. The molecule has 0 radical (unpaired) electrons. The highest BCUT2D eigenvalue weighted by atomic mass is 19.4. The zero-order chi connectivity index (χ0) is 23.5. The van der Waals surface area contributed by atoms with Gasteiger partial charge in [-0.15, -0.1) is 0 Å². The van der Waals surface area contributed by atoms with Gasteiger partial charge in [0.1, 0.15) is 5.56 Å². The SMILES string of the molecule is COc1nc(OCC(F)(F)F)ccc1C(=O)NC(C)c1cc(C)nc(NC(=O)C2CC2)n1. The lowest BCUT2D eigenvalue weighted by Crippen LogP contribution is -2.28. The molecule has 2 amide bonds. The first-order valence-corrected chi connectivity index (χ1v) is 9.77. The molecule has 1 aliphatic carbocycles. The summed E-state index contributed by atoms with van der Waals surface area (Å²) in [6, 6.07) is 3.49. The Labute approximate surface area is 181 Å². The average Bonchev–Trinajstić information content (AvgIpc) is 3.56. The van der Waals surface area contributed by atoms with Gasteiger partial charge in [0.05, 0.1) is 18.8 Å². The molecular formula is C20H22F3N5O4. The lowest BCUT2D eigenvalue weighted by atomic mass is 10.1. The van der Waals surface area contributed by atoms with E-state index in [0.717, 1.165) is 18.9 Å². The van der Waals surface area contributed by atoms with Gasteiger partial charge in [0.2, 0.25) is 23.6 Å². The van der Waals surface area contributed by atoms with Gasteiger partial charge in [-0.05, 0) is 38.8 Å². The molecule has 32 heavy (non-hydrogen) atoms. The van der Waals surface area contributed by atoms with E-state index in [1.165, 1.54) is 13.2 Å². The second-order valence-electron chi connectivity index (χ2n) is 7.33. The molecule has 1 saturated carbocycles. The molecule has 2 N–H and O–H groups in total. The summed E-state index contributed by atoms with van der Waals surface area (Å²) < 4.78 is 46.6. The van der Waals surface area contributed by atoms with Crippen molar-refractivity contribution in [2.45, 2.75) is 38.9 Å². The molecule has 0 saturated heterocycles. The summed E-state index contributed by atoms with van der Waals surface area (Å²) in [5, 5.41) is 5.40. The average molecular weight is 453 g/mol. The van der Waals surface area contributed by atoms with Crippen molar-refractivity contribution < 1.29 is 32.2 Å². The molecule has 1 unspecified atom stereocenters. The number of rotatable bonds is 8. The van der Waals surface area contributed by atoms with Gasteiger partial charge in [-0.25, -0.2) is 9.97 Å². The number of amides is 2. The molecule has 0 aliphatic heterocycles. The van der Waals surface area contributed by atoms with Crippen LogP contribution in [0.25, 0.3) is 0 Å². The topological polar surface area (TPSA) is 115 Å². The minimum atomic E-state index is -4.52. The number of aryl methyl sites for hydroxylation is 1. The highest BCUT2D eigenvalue weighted by molar-refractivity contribution is 5.96. The molecule has 0 spiro atoms. The van der Waals surface area contributed by atoms with Crippen molar-refractivity contribution in [2.75, 3.05) is 19.0 Å². The Balaban J connectivity index is 1.70. The van der Waals surface area contributed by atoms with Crippen LogP contribution in [-0.2, 0) is 4.79 Å². The van der Waals surface area contributed by atoms with Crippen LogP contribution in [0.15, 0.2) is 18.2 Å². The van der Waals surface area contributed by atoms with Crippen molar-refractivity contribution in [3.8, 4) is 11.8 Å². The number of carbonyl (C=O) groups excluding carboxylic acids is 2. The minimum Gasteiger partial charge on any atom is -0.480 e. The molecule has 12 heteroatoms. The lowest BCUT2D eigenvalue weighted by molar-refractivity contribution is -0.154. The number of alkyl halides is 3. The summed E-state index contributed by atoms with van der Waals surface area (Å²) in [5.74, 6) is -1.09. The van der Waals surface area contributed by atoms with Crippen LogP contribution in [0.4, 0.5) is 19.1 Å². The molecule has 1 fully saturated rings. The standard InChI is InChI=1S/C20H22F3N5O4/c1-10-8-14(26-19(24-10)28-16(29)12-4-5-12)11(2)25-17(30)13-6-7-15(27-18(13)31-3)32-9-20(21,22)23/h6-8,11-12H,4-5,9H2,1-3H3,(H,25,30)(H,24,26,28,29). The molecule has 1 atom stereocenters. The zero-order valence-corrected chi connectivity index (χ0v) is 17.6. The van der Waals surface area contributed by atoms with Gasteiger partial charge in [-0.1, -0.05) is 0 Å². The fraction of sp³-hybridized carbons (Fsp3) is 0.450. The van der Waals surface area contributed by atoms with Crippen molar-refractivity contribution >= 4 is 17.8 Å². The Morgan fingerprint density at radius 2 is 1.94 bits per heavy atom. The summed E-state index contributed by atoms with van der Waals surface area (Å²) in [5.41, 5.74) is 1.08. The Hall–Kier alpha value is -3.44. The predicted molar refractivity (Wildman–Crippen MR) is 106 cm³/mol. The van der Waals surface area contributed by atoms with E-state index < -0.39 is 24.7 Å². The third-order valence-electron chi connectivity index (χ3n) is 4.50. The van der Waals surface area contributed by atoms with Crippen LogP contribution < -0.4 is 20.1 Å². The molecule has 0 bridgehead atoms. The van der Waals surface area contributed by atoms with E-state index in [9.17, 15) is 22.8 Å². The number of carbonyl (C=O) groups is 2. The molecule has 2 aromatic heterocycles. The third kappa shape index (κ3) is 6.28. The third-order valence-corrected chi connectivity index (χ3v) is 4.50. The van der Waals surface area contributed by atoms with E-state index >= 15 is 0 Å². The van der Waals surface area contributed by atoms with Crippen molar-refractivity contribution in [3.05, 3.63) is 35.2 Å². The minimum absolute atomic E-state index is 0.00625. The van der Waals surface area contributed by atoms with E-state index in [1.807, 2.05) is 0 Å². The largest absolute Gasteiger partial charge is 0.480 e. The quantitative estimate of drug-likeness (QED) is 0.631. The molecule has 3 rings (SSSR count). The van der Waals surface area contributed by atoms with Gasteiger partial charge in [-0.2, -0.15) is 18.2 Å². The van der Waals surface area contributed by atoms with Crippen molar-refractivity contribution in [3.63, 3.8) is 0 Å². The number of ether oxygens (including phenoxy) is 2. The number of hydrogen-bond acceptors (Lipinski definition) is 7. The van der Waals surface area contributed by atoms with E-state index in [0.29, 0.717) is 11.4 Å². The Kier molecular flexibility index (Phi) is 6.80. The van der Waals surface area contributed by atoms with E-state index in [1.54, 1.807) is 19.9 Å². The van der Waals surface area contributed by atoms with Gasteiger partial charge in [0, 0.05) is 17.7 Å². The molecule has 2 heterocycles. The summed E-state index contributed by atoms with van der Waals surface area (Å²) in [7, 11) is 1.23. The maximum Gasteiger partial charge on any atom is 0.422 e. The van der Waals surface area contributed by atoms with Gasteiger partial charge >= 0.3 is 6.18 Å². The van der Waals surface area contributed by atoms with Crippen LogP contribution in [-0.4, -0.2) is 46.7 Å². The predicted octanol–water partition coefficient (Wildman–Crippen LogP) is 2.97. The van der Waals surface area contributed by atoms with Crippen LogP contribution in [0.5, 0.6) is 11.8 Å². The highest BCUT2D eigenvalue weighted by Crippen LogP contribution is 2.30. The second kappa shape index (κ2) is 9.37. The summed E-state index contributed by atoms with van der Waals surface area (Å²) >= 11 is 0. The Bertz CT molecular complexity index is 1010. The first-order valence-electron chi connectivity index (χ1n) is 9.77. The molecule has 9 nitrogen and oxygen atoms in total. The number of methoxy groups -OCH3 is 1. The van der Waals surface area contributed by atoms with E-state index in [-0.39, 0.29) is 35.1 Å². The fourth-order valence-corrected chi connectivity index (χ4v) is 2.76. The normalized spacial score (nSPS) is 14.4. The number of halogens is 3. The Morgan fingerprint density at radius 1 is 1.22 bits per heavy atom. The molecule has 0 aromatic carbocycles. The smallest absolute Gasteiger partial charge is 0.422 e. The van der Waals surface area contributed by atoms with Crippen LogP contribution >= 0.6 is 0 Å². The van der Waals surface area contributed by atoms with Gasteiger partial charge < -0.3 is 14.8 Å². The number of hydrogen-bond donors (Lipinski definition) is 2. The number of anilines is 1. The summed E-state index contributed by atoms with van der Waals surface area (Å²) in [4.78, 5) is 37.0. The lowest BCUT2D eigenvalue weighted by Gasteiger charge is -2.16. The van der Waals surface area contributed by atoms with Gasteiger partial charge in [-0.3, -0.25) is 14.9 Å². The van der Waals surface area contributed by atoms with E-state index in [2.05, 4.69) is 30.3 Å². The molecule has 2 aromatic rings. The zero-order valence-electron chi connectivity index (χ0n) is 17.6. The van der Waals surface area contributed by atoms with E-state index in [4.69, 9.17) is 4.74 Å². The van der Waals surface area contributed by atoms with Gasteiger partial charge in [0.15, 0.2) is 6.61 Å². The first-order chi connectivity index (χ1) is 15.1. The fourth-order valence-electron chi connectivity index (χ4n) is 2.76. The number of pyridine rings is 1. The number of aromatic nitrogens is 3. The van der Waals surface area contributed by atoms with Crippen molar-refractivity contribution in [1.82, 2.24) is 20.3 Å². The first kappa shape index (κ1) is 23.2.